The van der Waals surface area contributed by atoms with Crippen molar-refractivity contribution in [2.24, 2.45) is 0 Å². The molecule has 150 valence electrons. The van der Waals surface area contributed by atoms with Crippen LogP contribution in [-0.4, -0.2) is 51.4 Å². The van der Waals surface area contributed by atoms with E-state index in [0.29, 0.717) is 17.7 Å². The molecule has 4 N–H and O–H groups in total. The summed E-state index contributed by atoms with van der Waals surface area (Å²) in [6.07, 6.45) is -5.68. The molecule has 1 aliphatic rings. The second-order valence-electron chi connectivity index (χ2n) is 7.18. The van der Waals surface area contributed by atoms with E-state index in [1.807, 2.05) is 18.2 Å². The van der Waals surface area contributed by atoms with Gasteiger partial charge in [-0.05, 0) is 28.6 Å². The van der Waals surface area contributed by atoms with Crippen molar-refractivity contribution >= 4 is 27.1 Å². The zero-order valence-corrected chi connectivity index (χ0v) is 16.3. The number of thiophene rings is 1. The Kier molecular flexibility index (Phi) is 5.65. The lowest BCUT2D eigenvalue weighted by Gasteiger charge is -2.40. The summed E-state index contributed by atoms with van der Waals surface area (Å²) in [5.41, 5.74) is 1.68. The molecule has 0 amide bonds. The lowest BCUT2D eigenvalue weighted by atomic mass is 9.89. The Bertz CT molecular complexity index is 1020. The van der Waals surface area contributed by atoms with Gasteiger partial charge in [0.05, 0.1) is 13.2 Å². The highest BCUT2D eigenvalue weighted by Crippen LogP contribution is 2.38. The number of aliphatic hydroxyl groups is 4. The Hall–Kier alpha value is -2.31. The predicted octanol–water partition coefficient (Wildman–Crippen LogP) is 2.56. The van der Waals surface area contributed by atoms with E-state index >= 15 is 0 Å². The molecule has 0 radical (unpaired) electrons. The van der Waals surface area contributed by atoms with Gasteiger partial charge >= 0.3 is 0 Å². The summed E-state index contributed by atoms with van der Waals surface area (Å²) in [5.74, 6) is 0. The van der Waals surface area contributed by atoms with E-state index in [0.717, 1.165) is 5.56 Å². The molecule has 1 aliphatic heterocycles. The summed E-state index contributed by atoms with van der Waals surface area (Å²) in [5, 5.41) is 41.2. The van der Waals surface area contributed by atoms with E-state index in [2.05, 4.69) is 23.0 Å². The second-order valence-corrected chi connectivity index (χ2v) is 8.35. The molecule has 2 aromatic carbocycles. The van der Waals surface area contributed by atoms with Crippen LogP contribution in [0.25, 0.3) is 14.9 Å². The Morgan fingerprint density at radius 3 is 2.52 bits per heavy atom. The van der Waals surface area contributed by atoms with Crippen molar-refractivity contribution in [2.45, 2.75) is 36.9 Å². The maximum atomic E-state index is 10.5. The van der Waals surface area contributed by atoms with Crippen molar-refractivity contribution in [3.8, 4) is 0 Å². The highest BCUT2D eigenvalue weighted by molar-refractivity contribution is 7.19. The summed E-state index contributed by atoms with van der Waals surface area (Å²) < 4.78 is 6.86. The van der Waals surface area contributed by atoms with Crippen molar-refractivity contribution in [1.82, 2.24) is 0 Å². The fourth-order valence-electron chi connectivity index (χ4n) is 3.73. The van der Waals surface area contributed by atoms with Crippen LogP contribution in [0.3, 0.4) is 0 Å². The number of ether oxygens (including phenoxy) is 1. The standard InChI is InChI=1S/C22H21NO5S/c1-23-16-7-6-12(8-14-10-13-4-2-3-5-18(13)29-14)9-15(16)22-21(27)20(26)19(25)17(11-24)28-22/h2-7,9-10,17,19-22,24-27H,8,11H2/t17-,19-,20+,21-,22+/m1/s1. The van der Waals surface area contributed by atoms with Crippen LogP contribution in [0.5, 0.6) is 0 Å². The van der Waals surface area contributed by atoms with E-state index in [-0.39, 0.29) is 0 Å². The zero-order chi connectivity index (χ0) is 20.5. The second kappa shape index (κ2) is 8.20. The lowest BCUT2D eigenvalue weighted by molar-refractivity contribution is -0.231. The third-order valence-corrected chi connectivity index (χ3v) is 6.38. The van der Waals surface area contributed by atoms with Crippen molar-refractivity contribution in [3.05, 3.63) is 76.0 Å². The van der Waals surface area contributed by atoms with Crippen LogP contribution < -0.4 is 0 Å². The largest absolute Gasteiger partial charge is 0.394 e. The monoisotopic (exact) mass is 411 g/mol. The van der Waals surface area contributed by atoms with Crippen molar-refractivity contribution in [2.75, 3.05) is 6.61 Å². The molecule has 1 saturated heterocycles. The fraction of sp³-hybridized carbons (Fsp3) is 0.318. The van der Waals surface area contributed by atoms with E-state index in [9.17, 15) is 20.4 Å². The number of nitrogens with zero attached hydrogens (tertiary/aromatic N) is 1. The van der Waals surface area contributed by atoms with Gasteiger partial charge in [0.2, 0.25) is 0 Å². The van der Waals surface area contributed by atoms with Gasteiger partial charge in [-0.25, -0.2) is 4.85 Å². The Morgan fingerprint density at radius 1 is 1.00 bits per heavy atom. The zero-order valence-electron chi connectivity index (χ0n) is 15.5. The third kappa shape index (κ3) is 3.79. The molecule has 0 spiro atoms. The Morgan fingerprint density at radius 2 is 1.79 bits per heavy atom. The minimum Gasteiger partial charge on any atom is -0.394 e. The molecule has 29 heavy (non-hydrogen) atoms. The third-order valence-electron chi connectivity index (χ3n) is 5.27. The summed E-state index contributed by atoms with van der Waals surface area (Å²) in [6.45, 7) is 6.94. The first-order chi connectivity index (χ1) is 14.0. The first-order valence-corrected chi connectivity index (χ1v) is 10.1. The van der Waals surface area contributed by atoms with E-state index in [1.165, 1.54) is 15.0 Å². The normalized spacial score (nSPS) is 27.1. The molecule has 2 heterocycles. The van der Waals surface area contributed by atoms with Crippen LogP contribution in [0.15, 0.2) is 48.5 Å². The molecule has 3 aromatic rings. The van der Waals surface area contributed by atoms with Crippen LogP contribution in [0.4, 0.5) is 5.69 Å². The predicted molar refractivity (Wildman–Crippen MR) is 110 cm³/mol. The summed E-state index contributed by atoms with van der Waals surface area (Å²) >= 11 is 1.70. The number of hydrogen-bond acceptors (Lipinski definition) is 6. The molecule has 0 unspecified atom stereocenters. The maximum absolute atomic E-state index is 10.5. The first-order valence-electron chi connectivity index (χ1n) is 9.30. The molecular formula is C22H21NO5S. The van der Waals surface area contributed by atoms with Crippen molar-refractivity contribution in [3.63, 3.8) is 0 Å². The molecular weight excluding hydrogens is 390 g/mol. The maximum Gasteiger partial charge on any atom is 0.193 e. The molecule has 0 aliphatic carbocycles. The smallest absolute Gasteiger partial charge is 0.193 e. The van der Waals surface area contributed by atoms with Gasteiger partial charge in [0.25, 0.3) is 0 Å². The van der Waals surface area contributed by atoms with Gasteiger partial charge in [-0.2, -0.15) is 0 Å². The number of benzene rings is 2. The van der Waals surface area contributed by atoms with Gasteiger partial charge < -0.3 is 25.2 Å². The van der Waals surface area contributed by atoms with Crippen LogP contribution >= 0.6 is 11.3 Å². The van der Waals surface area contributed by atoms with E-state index < -0.39 is 37.1 Å². The van der Waals surface area contributed by atoms with Crippen LogP contribution in [0.1, 0.15) is 22.1 Å². The minimum absolute atomic E-state index is 0.300. The Labute approximate surface area is 172 Å². The topological polar surface area (TPSA) is 94.5 Å². The SMILES string of the molecule is [C-]#[N+]c1ccc(Cc2cc3ccccc3s2)cc1[C@@H]1O[C@H](CO)[C@@H](O)[C@H](O)[C@H]1O. The van der Waals surface area contributed by atoms with Gasteiger partial charge in [0.1, 0.15) is 30.5 Å². The lowest BCUT2D eigenvalue weighted by Crippen LogP contribution is -2.55. The molecule has 0 saturated carbocycles. The molecule has 1 aromatic heterocycles. The average molecular weight is 411 g/mol. The quantitative estimate of drug-likeness (QED) is 0.495. The highest BCUT2D eigenvalue weighted by Gasteiger charge is 2.44. The summed E-state index contributed by atoms with van der Waals surface area (Å²) in [7, 11) is 0. The minimum atomic E-state index is -1.48. The van der Waals surface area contributed by atoms with Crippen LogP contribution in [-0.2, 0) is 11.2 Å². The summed E-state index contributed by atoms with van der Waals surface area (Å²) in [6, 6.07) is 15.6. The number of hydrogen-bond donors (Lipinski definition) is 4. The number of aliphatic hydroxyl groups excluding tert-OH is 4. The fourth-order valence-corrected chi connectivity index (χ4v) is 4.83. The van der Waals surface area contributed by atoms with Crippen molar-refractivity contribution < 1.29 is 25.2 Å². The Balaban J connectivity index is 1.67. The van der Waals surface area contributed by atoms with Crippen LogP contribution in [0.2, 0.25) is 0 Å². The number of rotatable bonds is 4. The molecule has 4 rings (SSSR count). The van der Waals surface area contributed by atoms with E-state index in [4.69, 9.17) is 11.3 Å². The van der Waals surface area contributed by atoms with Gasteiger partial charge in [-0.1, -0.05) is 36.4 Å². The van der Waals surface area contributed by atoms with Gasteiger partial charge in [-0.15, -0.1) is 11.3 Å². The molecule has 1 fully saturated rings. The van der Waals surface area contributed by atoms with Gasteiger partial charge in [-0.3, -0.25) is 0 Å². The molecule has 6 nitrogen and oxygen atoms in total. The molecule has 0 bridgehead atoms. The summed E-state index contributed by atoms with van der Waals surface area (Å²) in [4.78, 5) is 4.68. The molecule has 5 atom stereocenters. The van der Waals surface area contributed by atoms with Crippen LogP contribution in [0, 0.1) is 6.57 Å². The number of fused-ring (bicyclic) bond motifs is 1. The van der Waals surface area contributed by atoms with Crippen molar-refractivity contribution in [1.29, 1.82) is 0 Å². The molecule has 7 heteroatoms. The van der Waals surface area contributed by atoms with Gasteiger partial charge in [0.15, 0.2) is 5.69 Å². The van der Waals surface area contributed by atoms with Gasteiger partial charge in [0, 0.05) is 16.0 Å². The van der Waals surface area contributed by atoms with E-state index in [1.54, 1.807) is 23.5 Å². The average Bonchev–Trinajstić information content (AvgIpc) is 3.14. The highest BCUT2D eigenvalue weighted by atomic mass is 32.1. The first kappa shape index (κ1) is 20.0.